The predicted octanol–water partition coefficient (Wildman–Crippen LogP) is 2.83. The second kappa shape index (κ2) is 6.27. The summed E-state index contributed by atoms with van der Waals surface area (Å²) < 4.78 is 13.0. The van der Waals surface area contributed by atoms with Crippen LogP contribution >= 0.6 is 0 Å². The molecule has 19 heavy (non-hydrogen) atoms. The molecule has 0 bridgehead atoms. The summed E-state index contributed by atoms with van der Waals surface area (Å²) in [5.41, 5.74) is 1.41. The van der Waals surface area contributed by atoms with Crippen molar-refractivity contribution >= 4 is 16.8 Å². The highest BCUT2D eigenvalue weighted by Gasteiger charge is 2.05. The molecule has 2 aromatic rings. The number of unbranched alkanes of at least 4 members (excludes halogenated alkanes) is 1. The zero-order chi connectivity index (χ0) is 13.7. The van der Waals surface area contributed by atoms with Crippen LogP contribution in [-0.4, -0.2) is 17.4 Å². The van der Waals surface area contributed by atoms with Crippen LogP contribution in [0.15, 0.2) is 30.3 Å². The Hall–Kier alpha value is -1.97. The highest BCUT2D eigenvalue weighted by Crippen LogP contribution is 2.14. The third-order valence-electron chi connectivity index (χ3n) is 2.90. The van der Waals surface area contributed by atoms with Crippen molar-refractivity contribution < 1.29 is 9.18 Å². The zero-order valence-electron chi connectivity index (χ0n) is 10.9. The van der Waals surface area contributed by atoms with Crippen molar-refractivity contribution in [3.8, 4) is 0 Å². The van der Waals surface area contributed by atoms with Gasteiger partial charge in [-0.05, 0) is 30.7 Å². The maximum absolute atomic E-state index is 13.0. The Bertz CT molecular complexity index is 583. The fourth-order valence-corrected chi connectivity index (χ4v) is 1.87. The number of benzene rings is 1. The summed E-state index contributed by atoms with van der Waals surface area (Å²) >= 11 is 0. The fourth-order valence-electron chi connectivity index (χ4n) is 1.87. The SMILES string of the molecule is CCCCNC(=O)Cc1ccc2cc(F)ccc2n1. The van der Waals surface area contributed by atoms with E-state index in [0.29, 0.717) is 17.8 Å². The Balaban J connectivity index is 2.05. The second-order valence-corrected chi connectivity index (χ2v) is 4.52. The smallest absolute Gasteiger partial charge is 0.226 e. The monoisotopic (exact) mass is 260 g/mol. The molecule has 0 radical (unpaired) electrons. The lowest BCUT2D eigenvalue weighted by molar-refractivity contribution is -0.120. The molecule has 1 amide bonds. The molecule has 0 aliphatic carbocycles. The van der Waals surface area contributed by atoms with Crippen molar-refractivity contribution in [3.05, 3.63) is 41.8 Å². The third-order valence-corrected chi connectivity index (χ3v) is 2.90. The van der Waals surface area contributed by atoms with Crippen LogP contribution in [0.25, 0.3) is 10.9 Å². The van der Waals surface area contributed by atoms with E-state index in [1.807, 2.05) is 0 Å². The topological polar surface area (TPSA) is 42.0 Å². The Morgan fingerprint density at radius 3 is 2.95 bits per heavy atom. The van der Waals surface area contributed by atoms with Crippen molar-refractivity contribution in [2.24, 2.45) is 0 Å². The van der Waals surface area contributed by atoms with Crippen LogP contribution in [0.4, 0.5) is 4.39 Å². The molecule has 1 aromatic carbocycles. The summed E-state index contributed by atoms with van der Waals surface area (Å²) in [7, 11) is 0. The first kappa shape index (κ1) is 13.5. The number of amides is 1. The van der Waals surface area contributed by atoms with Gasteiger partial charge in [0.15, 0.2) is 0 Å². The molecule has 0 aliphatic rings. The maximum atomic E-state index is 13.0. The molecule has 1 heterocycles. The largest absolute Gasteiger partial charge is 0.356 e. The van der Waals surface area contributed by atoms with Crippen molar-refractivity contribution in [2.45, 2.75) is 26.2 Å². The molecule has 100 valence electrons. The van der Waals surface area contributed by atoms with Gasteiger partial charge in [-0.25, -0.2) is 4.39 Å². The number of nitrogens with one attached hydrogen (secondary N) is 1. The lowest BCUT2D eigenvalue weighted by atomic mass is 10.1. The van der Waals surface area contributed by atoms with Gasteiger partial charge >= 0.3 is 0 Å². The minimum absolute atomic E-state index is 0.0255. The second-order valence-electron chi connectivity index (χ2n) is 4.52. The number of aromatic nitrogens is 1. The minimum atomic E-state index is -0.278. The number of halogens is 1. The van der Waals surface area contributed by atoms with E-state index in [9.17, 15) is 9.18 Å². The van der Waals surface area contributed by atoms with Gasteiger partial charge in [-0.1, -0.05) is 19.4 Å². The molecule has 0 aliphatic heterocycles. The quantitative estimate of drug-likeness (QED) is 0.840. The molecule has 1 N–H and O–H groups in total. The number of carbonyl (C=O) groups excluding carboxylic acids is 1. The summed E-state index contributed by atoms with van der Waals surface area (Å²) in [5.74, 6) is -0.304. The van der Waals surface area contributed by atoms with Crippen LogP contribution < -0.4 is 5.32 Å². The Kier molecular flexibility index (Phi) is 4.44. The average Bonchev–Trinajstić information content (AvgIpc) is 2.39. The van der Waals surface area contributed by atoms with Crippen LogP contribution in [0.1, 0.15) is 25.5 Å². The third kappa shape index (κ3) is 3.74. The van der Waals surface area contributed by atoms with Gasteiger partial charge in [0, 0.05) is 11.9 Å². The lowest BCUT2D eigenvalue weighted by Gasteiger charge is -2.05. The van der Waals surface area contributed by atoms with E-state index < -0.39 is 0 Å². The van der Waals surface area contributed by atoms with Gasteiger partial charge < -0.3 is 5.32 Å². The van der Waals surface area contributed by atoms with Gasteiger partial charge in [0.25, 0.3) is 0 Å². The highest BCUT2D eigenvalue weighted by atomic mass is 19.1. The first-order chi connectivity index (χ1) is 9.19. The number of pyridine rings is 1. The molecule has 0 saturated carbocycles. The molecular formula is C15H17FN2O. The Labute approximate surface area is 111 Å². The molecular weight excluding hydrogens is 243 g/mol. The summed E-state index contributed by atoms with van der Waals surface area (Å²) in [5, 5.41) is 3.60. The predicted molar refractivity (Wildman–Crippen MR) is 73.3 cm³/mol. The van der Waals surface area contributed by atoms with E-state index in [-0.39, 0.29) is 18.1 Å². The number of hydrogen-bond acceptors (Lipinski definition) is 2. The number of rotatable bonds is 5. The van der Waals surface area contributed by atoms with E-state index in [0.717, 1.165) is 18.2 Å². The van der Waals surface area contributed by atoms with Crippen LogP contribution in [-0.2, 0) is 11.2 Å². The van der Waals surface area contributed by atoms with E-state index >= 15 is 0 Å². The molecule has 0 fully saturated rings. The van der Waals surface area contributed by atoms with Gasteiger partial charge in [0.2, 0.25) is 5.91 Å². The van der Waals surface area contributed by atoms with Crippen molar-refractivity contribution in [3.63, 3.8) is 0 Å². The standard InChI is InChI=1S/C15H17FN2O/c1-2-3-8-17-15(19)10-13-6-4-11-9-12(16)5-7-14(11)18-13/h4-7,9H,2-3,8,10H2,1H3,(H,17,19). The van der Waals surface area contributed by atoms with Crippen LogP contribution in [0.2, 0.25) is 0 Å². The summed E-state index contributed by atoms with van der Waals surface area (Å²) in [6.07, 6.45) is 2.30. The molecule has 3 nitrogen and oxygen atoms in total. The van der Waals surface area contributed by atoms with E-state index in [1.165, 1.54) is 12.1 Å². The van der Waals surface area contributed by atoms with Gasteiger partial charge in [-0.2, -0.15) is 0 Å². The molecule has 0 atom stereocenters. The number of nitrogens with zero attached hydrogens (tertiary/aromatic N) is 1. The van der Waals surface area contributed by atoms with Crippen molar-refractivity contribution in [1.82, 2.24) is 10.3 Å². The van der Waals surface area contributed by atoms with Gasteiger partial charge in [-0.3, -0.25) is 9.78 Å². The fraction of sp³-hybridized carbons (Fsp3) is 0.333. The molecule has 1 aromatic heterocycles. The summed E-state index contributed by atoms with van der Waals surface area (Å²) in [4.78, 5) is 16.0. The van der Waals surface area contributed by atoms with Gasteiger partial charge in [0.05, 0.1) is 17.6 Å². The maximum Gasteiger partial charge on any atom is 0.226 e. The van der Waals surface area contributed by atoms with E-state index in [4.69, 9.17) is 0 Å². The van der Waals surface area contributed by atoms with Crippen molar-refractivity contribution in [1.29, 1.82) is 0 Å². The first-order valence-corrected chi connectivity index (χ1v) is 6.51. The molecule has 0 unspecified atom stereocenters. The minimum Gasteiger partial charge on any atom is -0.356 e. The molecule has 0 saturated heterocycles. The highest BCUT2D eigenvalue weighted by molar-refractivity contribution is 5.81. The normalized spacial score (nSPS) is 10.6. The first-order valence-electron chi connectivity index (χ1n) is 6.51. The van der Waals surface area contributed by atoms with Gasteiger partial charge in [-0.15, -0.1) is 0 Å². The van der Waals surface area contributed by atoms with Crippen LogP contribution in [0, 0.1) is 5.82 Å². The van der Waals surface area contributed by atoms with E-state index in [2.05, 4.69) is 17.2 Å². The van der Waals surface area contributed by atoms with Crippen LogP contribution in [0.5, 0.6) is 0 Å². The summed E-state index contributed by atoms with van der Waals surface area (Å²) in [6.45, 7) is 2.78. The number of carbonyl (C=O) groups is 1. The van der Waals surface area contributed by atoms with E-state index in [1.54, 1.807) is 18.2 Å². The molecule has 0 spiro atoms. The Morgan fingerprint density at radius 1 is 1.32 bits per heavy atom. The average molecular weight is 260 g/mol. The molecule has 4 heteroatoms. The number of hydrogen-bond donors (Lipinski definition) is 1. The van der Waals surface area contributed by atoms with Crippen LogP contribution in [0.3, 0.4) is 0 Å². The Morgan fingerprint density at radius 2 is 2.16 bits per heavy atom. The molecule has 2 rings (SSSR count). The number of fused-ring (bicyclic) bond motifs is 1. The lowest BCUT2D eigenvalue weighted by Crippen LogP contribution is -2.26. The van der Waals surface area contributed by atoms with Crippen molar-refractivity contribution in [2.75, 3.05) is 6.54 Å². The van der Waals surface area contributed by atoms with Gasteiger partial charge in [0.1, 0.15) is 5.82 Å². The zero-order valence-corrected chi connectivity index (χ0v) is 10.9. The summed E-state index contributed by atoms with van der Waals surface area (Å²) in [6, 6.07) is 8.00.